The minimum absolute atomic E-state index is 0.105. The summed E-state index contributed by atoms with van der Waals surface area (Å²) in [4.78, 5) is 13.9. The molecule has 16 heavy (non-hydrogen) atoms. The lowest BCUT2D eigenvalue weighted by Gasteiger charge is -2.32. The number of amides is 2. The zero-order valence-electron chi connectivity index (χ0n) is 10.9. The zero-order valence-corrected chi connectivity index (χ0v) is 11.7. The highest BCUT2D eigenvalue weighted by molar-refractivity contribution is 7.99. The summed E-state index contributed by atoms with van der Waals surface area (Å²) in [5.74, 6) is 0.646. The SMILES string of the molecule is CSC(C)(C)CNC(=O)N1CCCC(C)C1. The Labute approximate surface area is 103 Å². The molecule has 1 fully saturated rings. The molecule has 94 valence electrons. The van der Waals surface area contributed by atoms with Gasteiger partial charge in [-0.25, -0.2) is 4.79 Å². The second-order valence-corrected chi connectivity index (χ2v) is 6.83. The summed E-state index contributed by atoms with van der Waals surface area (Å²) < 4.78 is 0.122. The van der Waals surface area contributed by atoms with Gasteiger partial charge < -0.3 is 10.2 Å². The smallest absolute Gasteiger partial charge is 0.317 e. The molecule has 1 aliphatic heterocycles. The molecule has 1 atom stereocenters. The number of thioether (sulfide) groups is 1. The molecule has 1 unspecified atom stereocenters. The molecule has 1 N–H and O–H groups in total. The predicted octanol–water partition coefficient (Wildman–Crippen LogP) is 2.57. The molecule has 0 aromatic heterocycles. The quantitative estimate of drug-likeness (QED) is 0.827. The summed E-state index contributed by atoms with van der Waals surface area (Å²) in [6.07, 6.45) is 4.47. The molecule has 0 saturated carbocycles. The lowest BCUT2D eigenvalue weighted by Crippen LogP contribution is -2.47. The van der Waals surface area contributed by atoms with E-state index in [1.807, 2.05) is 4.90 Å². The van der Waals surface area contributed by atoms with E-state index >= 15 is 0 Å². The van der Waals surface area contributed by atoms with E-state index in [0.717, 1.165) is 26.1 Å². The topological polar surface area (TPSA) is 32.3 Å². The van der Waals surface area contributed by atoms with Crippen molar-refractivity contribution in [2.24, 2.45) is 5.92 Å². The number of likely N-dealkylation sites (tertiary alicyclic amines) is 1. The molecule has 4 heteroatoms. The maximum absolute atomic E-state index is 11.9. The molecule has 1 saturated heterocycles. The average molecular weight is 244 g/mol. The molecule has 0 aliphatic carbocycles. The fourth-order valence-electron chi connectivity index (χ4n) is 1.85. The van der Waals surface area contributed by atoms with Crippen molar-refractivity contribution in [3.05, 3.63) is 0 Å². The van der Waals surface area contributed by atoms with Crippen molar-refractivity contribution >= 4 is 17.8 Å². The van der Waals surface area contributed by atoms with Gasteiger partial charge in [0.15, 0.2) is 0 Å². The summed E-state index contributed by atoms with van der Waals surface area (Å²) in [5.41, 5.74) is 0. The third-order valence-electron chi connectivity index (χ3n) is 3.16. The van der Waals surface area contributed by atoms with E-state index < -0.39 is 0 Å². The van der Waals surface area contributed by atoms with E-state index in [0.29, 0.717) is 5.92 Å². The monoisotopic (exact) mass is 244 g/mol. The van der Waals surface area contributed by atoms with Gasteiger partial charge >= 0.3 is 6.03 Å². The van der Waals surface area contributed by atoms with Gasteiger partial charge in [-0.3, -0.25) is 0 Å². The lowest BCUT2D eigenvalue weighted by atomic mass is 10.0. The highest BCUT2D eigenvalue weighted by atomic mass is 32.2. The van der Waals surface area contributed by atoms with Gasteiger partial charge in [0, 0.05) is 24.4 Å². The Balaban J connectivity index is 2.34. The summed E-state index contributed by atoms with van der Waals surface area (Å²) in [5, 5.41) is 3.03. The van der Waals surface area contributed by atoms with Crippen LogP contribution in [0.4, 0.5) is 4.79 Å². The third-order valence-corrected chi connectivity index (χ3v) is 4.41. The van der Waals surface area contributed by atoms with Crippen molar-refractivity contribution in [2.75, 3.05) is 25.9 Å². The van der Waals surface area contributed by atoms with Crippen molar-refractivity contribution in [2.45, 2.75) is 38.4 Å². The Morgan fingerprint density at radius 2 is 2.25 bits per heavy atom. The van der Waals surface area contributed by atoms with Crippen molar-refractivity contribution in [3.8, 4) is 0 Å². The highest BCUT2D eigenvalue weighted by Crippen LogP contribution is 2.20. The first-order valence-electron chi connectivity index (χ1n) is 6.02. The van der Waals surface area contributed by atoms with Crippen molar-refractivity contribution in [3.63, 3.8) is 0 Å². The van der Waals surface area contributed by atoms with Crippen LogP contribution in [-0.2, 0) is 0 Å². The molecule has 0 aromatic carbocycles. The predicted molar refractivity (Wildman–Crippen MR) is 71.0 cm³/mol. The molecule has 0 aromatic rings. The van der Waals surface area contributed by atoms with Crippen LogP contribution in [0.15, 0.2) is 0 Å². The van der Waals surface area contributed by atoms with Gasteiger partial charge in [-0.2, -0.15) is 11.8 Å². The number of hydrogen-bond acceptors (Lipinski definition) is 2. The number of urea groups is 1. The molecule has 0 spiro atoms. The molecule has 1 aliphatic rings. The average Bonchev–Trinajstić information content (AvgIpc) is 2.26. The Kier molecular flexibility index (Phi) is 4.96. The summed E-state index contributed by atoms with van der Waals surface area (Å²) in [6, 6.07) is 0.105. The molecule has 0 bridgehead atoms. The lowest BCUT2D eigenvalue weighted by molar-refractivity contribution is 0.169. The van der Waals surface area contributed by atoms with Crippen molar-refractivity contribution in [1.29, 1.82) is 0 Å². The molecule has 1 heterocycles. The number of carbonyl (C=O) groups is 1. The van der Waals surface area contributed by atoms with Gasteiger partial charge in [0.2, 0.25) is 0 Å². The second kappa shape index (κ2) is 5.80. The number of carbonyl (C=O) groups excluding carboxylic acids is 1. The Morgan fingerprint density at radius 3 is 2.81 bits per heavy atom. The van der Waals surface area contributed by atoms with Crippen LogP contribution >= 0.6 is 11.8 Å². The van der Waals surface area contributed by atoms with Gasteiger partial charge in [-0.15, -0.1) is 0 Å². The molecule has 1 rings (SSSR count). The number of nitrogens with zero attached hydrogens (tertiary/aromatic N) is 1. The van der Waals surface area contributed by atoms with E-state index in [2.05, 4.69) is 32.3 Å². The minimum atomic E-state index is 0.105. The van der Waals surface area contributed by atoms with Crippen LogP contribution in [0.5, 0.6) is 0 Å². The standard InChI is InChI=1S/C12H24N2OS/c1-10-6-5-7-14(8-10)11(15)13-9-12(2,3)16-4/h10H,5-9H2,1-4H3,(H,13,15). The molecule has 3 nitrogen and oxygen atoms in total. The van der Waals surface area contributed by atoms with Gasteiger partial charge in [0.25, 0.3) is 0 Å². The van der Waals surface area contributed by atoms with Crippen LogP contribution < -0.4 is 5.32 Å². The van der Waals surface area contributed by atoms with Crippen LogP contribution in [0.3, 0.4) is 0 Å². The van der Waals surface area contributed by atoms with E-state index in [1.165, 1.54) is 6.42 Å². The van der Waals surface area contributed by atoms with Crippen LogP contribution in [0, 0.1) is 5.92 Å². The normalized spacial score (nSPS) is 22.0. The van der Waals surface area contributed by atoms with Crippen molar-refractivity contribution in [1.82, 2.24) is 10.2 Å². The highest BCUT2D eigenvalue weighted by Gasteiger charge is 2.23. The van der Waals surface area contributed by atoms with Gasteiger partial charge in [0.05, 0.1) is 0 Å². The summed E-state index contributed by atoms with van der Waals surface area (Å²) >= 11 is 1.78. The third kappa shape index (κ3) is 4.24. The Morgan fingerprint density at radius 1 is 1.56 bits per heavy atom. The summed E-state index contributed by atoms with van der Waals surface area (Å²) in [7, 11) is 0. The van der Waals surface area contributed by atoms with Gasteiger partial charge in [-0.05, 0) is 38.9 Å². The van der Waals surface area contributed by atoms with E-state index in [1.54, 1.807) is 11.8 Å². The fraction of sp³-hybridized carbons (Fsp3) is 0.917. The number of hydrogen-bond donors (Lipinski definition) is 1. The van der Waals surface area contributed by atoms with Crippen LogP contribution in [-0.4, -0.2) is 41.6 Å². The maximum atomic E-state index is 11.9. The second-order valence-electron chi connectivity index (χ2n) is 5.32. The molecular weight excluding hydrogens is 220 g/mol. The zero-order chi connectivity index (χ0) is 12.2. The Bertz CT molecular complexity index is 243. The molecule has 2 amide bonds. The number of rotatable bonds is 3. The maximum Gasteiger partial charge on any atom is 0.317 e. The largest absolute Gasteiger partial charge is 0.337 e. The van der Waals surface area contributed by atoms with Crippen LogP contribution in [0.25, 0.3) is 0 Å². The minimum Gasteiger partial charge on any atom is -0.337 e. The first-order valence-corrected chi connectivity index (χ1v) is 7.25. The number of nitrogens with one attached hydrogen (secondary N) is 1. The first kappa shape index (κ1) is 13.7. The Hall–Kier alpha value is -0.380. The van der Waals surface area contributed by atoms with E-state index in [4.69, 9.17) is 0 Å². The van der Waals surface area contributed by atoms with Gasteiger partial charge in [-0.1, -0.05) is 6.92 Å². The van der Waals surface area contributed by atoms with Gasteiger partial charge in [0.1, 0.15) is 0 Å². The van der Waals surface area contributed by atoms with E-state index in [-0.39, 0.29) is 10.8 Å². The van der Waals surface area contributed by atoms with Crippen LogP contribution in [0.2, 0.25) is 0 Å². The fourth-order valence-corrected chi connectivity index (χ4v) is 2.06. The molecule has 0 radical (unpaired) electrons. The first-order chi connectivity index (χ1) is 7.44. The molecular formula is C12H24N2OS. The van der Waals surface area contributed by atoms with Crippen LogP contribution in [0.1, 0.15) is 33.6 Å². The number of piperidine rings is 1. The van der Waals surface area contributed by atoms with E-state index in [9.17, 15) is 4.79 Å². The summed E-state index contributed by atoms with van der Waals surface area (Å²) in [6.45, 7) is 9.07. The van der Waals surface area contributed by atoms with Crippen molar-refractivity contribution < 1.29 is 4.79 Å².